The average Bonchev–Trinajstić information content (AvgIpc) is 2.15. The van der Waals surface area contributed by atoms with Gasteiger partial charge in [0.05, 0.1) is 6.61 Å². The Kier molecular flexibility index (Phi) is 6.67. The van der Waals surface area contributed by atoms with Gasteiger partial charge in [-0.25, -0.2) is 0 Å². The van der Waals surface area contributed by atoms with E-state index in [1.807, 2.05) is 0 Å². The fourth-order valence-electron chi connectivity index (χ4n) is 1.08. The number of hydrogen-bond donors (Lipinski definition) is 1. The van der Waals surface area contributed by atoms with Crippen LogP contribution in [-0.2, 0) is 4.43 Å². The predicted molar refractivity (Wildman–Crippen MR) is 77.7 cm³/mol. The summed E-state index contributed by atoms with van der Waals surface area (Å²) in [6.45, 7) is 16.3. The molecule has 102 valence electrons. The molecule has 17 heavy (non-hydrogen) atoms. The predicted octanol–water partition coefficient (Wildman–Crippen LogP) is 3.83. The van der Waals surface area contributed by atoms with Gasteiger partial charge in [0.2, 0.25) is 0 Å². The Morgan fingerprint density at radius 2 is 1.71 bits per heavy atom. The number of rotatable bonds is 6. The van der Waals surface area contributed by atoms with Crippen molar-refractivity contribution in [3.05, 3.63) is 12.2 Å². The smallest absolute Gasteiger partial charge is 0.192 e. The van der Waals surface area contributed by atoms with Crippen LogP contribution in [0.5, 0.6) is 0 Å². The Hall–Kier alpha value is -0.123. The van der Waals surface area contributed by atoms with Gasteiger partial charge in [-0.15, -0.1) is 0 Å². The lowest BCUT2D eigenvalue weighted by Gasteiger charge is -2.36. The fraction of sp³-hybridized carbons (Fsp3) is 0.857. The minimum Gasteiger partial charge on any atom is -0.416 e. The first kappa shape index (κ1) is 16.9. The van der Waals surface area contributed by atoms with Crippen molar-refractivity contribution >= 4 is 8.32 Å². The van der Waals surface area contributed by atoms with E-state index in [0.717, 1.165) is 0 Å². The van der Waals surface area contributed by atoms with E-state index < -0.39 is 8.32 Å². The Balaban J connectivity index is 4.33. The highest BCUT2D eigenvalue weighted by Gasteiger charge is 2.37. The van der Waals surface area contributed by atoms with Crippen molar-refractivity contribution in [1.29, 1.82) is 0 Å². The molecule has 0 aromatic rings. The van der Waals surface area contributed by atoms with E-state index >= 15 is 0 Å². The molecule has 1 N–H and O–H groups in total. The lowest BCUT2D eigenvalue weighted by Crippen LogP contribution is -2.42. The lowest BCUT2D eigenvalue weighted by atomic mass is 10.1. The third-order valence-corrected chi connectivity index (χ3v) is 7.97. The zero-order chi connectivity index (χ0) is 13.7. The van der Waals surface area contributed by atoms with Crippen LogP contribution in [0, 0.1) is 11.8 Å². The van der Waals surface area contributed by atoms with E-state index in [0.29, 0.717) is 12.5 Å². The van der Waals surface area contributed by atoms with Crippen molar-refractivity contribution in [2.24, 2.45) is 11.8 Å². The van der Waals surface area contributed by atoms with Gasteiger partial charge in [-0.2, -0.15) is 0 Å². The summed E-state index contributed by atoms with van der Waals surface area (Å²) in [6, 6.07) is 0. The lowest BCUT2D eigenvalue weighted by molar-refractivity contribution is 0.180. The maximum atomic E-state index is 9.32. The molecule has 0 aromatic carbocycles. The first-order valence-corrected chi connectivity index (χ1v) is 9.44. The first-order chi connectivity index (χ1) is 7.60. The average molecular weight is 258 g/mol. The second-order valence-corrected chi connectivity index (χ2v) is 11.5. The number of aliphatic hydroxyl groups is 1. The van der Waals surface area contributed by atoms with E-state index in [-0.39, 0.29) is 17.6 Å². The summed E-state index contributed by atoms with van der Waals surface area (Å²) in [5, 5.41) is 9.55. The third-order valence-electron chi connectivity index (χ3n) is 3.47. The monoisotopic (exact) mass is 258 g/mol. The van der Waals surface area contributed by atoms with Crippen LogP contribution in [0.3, 0.4) is 0 Å². The number of hydrogen-bond acceptors (Lipinski definition) is 2. The van der Waals surface area contributed by atoms with E-state index in [4.69, 9.17) is 4.43 Å². The van der Waals surface area contributed by atoms with Crippen LogP contribution >= 0.6 is 0 Å². The van der Waals surface area contributed by atoms with E-state index in [1.54, 1.807) is 0 Å². The van der Waals surface area contributed by atoms with Crippen LogP contribution in [0.1, 0.15) is 34.6 Å². The largest absolute Gasteiger partial charge is 0.416 e. The van der Waals surface area contributed by atoms with Crippen LogP contribution in [0.2, 0.25) is 18.1 Å². The van der Waals surface area contributed by atoms with Crippen LogP contribution in [-0.4, -0.2) is 26.6 Å². The molecule has 0 bridgehead atoms. The Labute approximate surface area is 108 Å². The molecule has 1 atom stereocenters. The molecular weight excluding hydrogens is 228 g/mol. The SMILES string of the molecule is CC(C)/C=C/C(CO)CO[Si](C)(C)C(C)(C)C. The second-order valence-electron chi connectivity index (χ2n) is 6.64. The van der Waals surface area contributed by atoms with Crippen molar-refractivity contribution in [3.8, 4) is 0 Å². The number of aliphatic hydroxyl groups excluding tert-OH is 1. The Morgan fingerprint density at radius 3 is 2.06 bits per heavy atom. The van der Waals surface area contributed by atoms with E-state index in [9.17, 15) is 5.11 Å². The van der Waals surface area contributed by atoms with Gasteiger partial charge in [-0.3, -0.25) is 0 Å². The molecule has 0 saturated heterocycles. The molecule has 0 aliphatic carbocycles. The molecule has 0 aliphatic heterocycles. The molecule has 0 rings (SSSR count). The highest BCUT2D eigenvalue weighted by molar-refractivity contribution is 6.74. The molecule has 2 nitrogen and oxygen atoms in total. The van der Waals surface area contributed by atoms with Crippen molar-refractivity contribution in [1.82, 2.24) is 0 Å². The molecule has 0 aliphatic rings. The first-order valence-electron chi connectivity index (χ1n) is 6.53. The summed E-state index contributed by atoms with van der Waals surface area (Å²) < 4.78 is 6.11. The highest BCUT2D eigenvalue weighted by atomic mass is 28.4. The Morgan fingerprint density at radius 1 is 1.18 bits per heavy atom. The molecule has 0 saturated carbocycles. The maximum Gasteiger partial charge on any atom is 0.192 e. The summed E-state index contributed by atoms with van der Waals surface area (Å²) in [5.74, 6) is 0.656. The number of allylic oxidation sites excluding steroid dienone is 1. The van der Waals surface area contributed by atoms with Crippen LogP contribution in [0.4, 0.5) is 0 Å². The molecule has 1 unspecified atom stereocenters. The zero-order valence-corrected chi connectivity index (χ0v) is 13.6. The van der Waals surface area contributed by atoms with Gasteiger partial charge in [0, 0.05) is 12.5 Å². The summed E-state index contributed by atoms with van der Waals surface area (Å²) in [7, 11) is -1.69. The van der Waals surface area contributed by atoms with Crippen molar-refractivity contribution < 1.29 is 9.53 Å². The fourth-order valence-corrected chi connectivity index (χ4v) is 2.14. The zero-order valence-electron chi connectivity index (χ0n) is 12.6. The van der Waals surface area contributed by atoms with Crippen LogP contribution in [0.25, 0.3) is 0 Å². The summed E-state index contributed by atoms with van der Waals surface area (Å²) >= 11 is 0. The minimum atomic E-state index is -1.69. The van der Waals surface area contributed by atoms with Crippen molar-refractivity contribution in [3.63, 3.8) is 0 Å². The van der Waals surface area contributed by atoms with Gasteiger partial charge in [0.1, 0.15) is 0 Å². The molecule has 0 fully saturated rings. The molecule has 0 heterocycles. The molecule has 0 radical (unpaired) electrons. The molecule has 0 amide bonds. The quantitative estimate of drug-likeness (QED) is 0.579. The topological polar surface area (TPSA) is 29.5 Å². The van der Waals surface area contributed by atoms with Gasteiger partial charge in [0.25, 0.3) is 0 Å². The summed E-state index contributed by atoms with van der Waals surface area (Å²) in [4.78, 5) is 0. The normalized spacial score (nSPS) is 15.8. The maximum absolute atomic E-state index is 9.32. The Bertz CT molecular complexity index is 239. The molecule has 0 spiro atoms. The summed E-state index contributed by atoms with van der Waals surface area (Å²) in [5.41, 5.74) is 0. The second kappa shape index (κ2) is 6.71. The van der Waals surface area contributed by atoms with Gasteiger partial charge < -0.3 is 9.53 Å². The van der Waals surface area contributed by atoms with Crippen LogP contribution < -0.4 is 0 Å². The molecular formula is C14H30O2Si. The molecule has 3 heteroatoms. The van der Waals surface area contributed by atoms with Gasteiger partial charge in [-0.1, -0.05) is 46.8 Å². The van der Waals surface area contributed by atoms with Gasteiger partial charge in [0.15, 0.2) is 8.32 Å². The van der Waals surface area contributed by atoms with E-state index in [1.165, 1.54) is 0 Å². The molecule has 0 aromatic heterocycles. The van der Waals surface area contributed by atoms with Crippen molar-refractivity contribution in [2.45, 2.75) is 52.8 Å². The highest BCUT2D eigenvalue weighted by Crippen LogP contribution is 2.36. The summed E-state index contributed by atoms with van der Waals surface area (Å²) in [6.07, 6.45) is 4.22. The van der Waals surface area contributed by atoms with E-state index in [2.05, 4.69) is 59.9 Å². The third kappa shape index (κ3) is 6.39. The van der Waals surface area contributed by atoms with Crippen molar-refractivity contribution in [2.75, 3.05) is 13.2 Å². The van der Waals surface area contributed by atoms with Gasteiger partial charge in [-0.05, 0) is 24.1 Å². The van der Waals surface area contributed by atoms with Crippen LogP contribution in [0.15, 0.2) is 12.2 Å². The van der Waals surface area contributed by atoms with Gasteiger partial charge >= 0.3 is 0 Å². The standard InChI is InChI=1S/C14H30O2Si/c1-12(2)8-9-13(10-15)11-16-17(6,7)14(3,4)5/h8-9,12-13,15H,10-11H2,1-7H3/b9-8+. The minimum absolute atomic E-state index is 0.131.